The number of ether oxygens (including phenoxy) is 3. The van der Waals surface area contributed by atoms with Crippen molar-refractivity contribution in [2.45, 2.75) is 58.1 Å². The SMILES string of the molecule is CC[C@H](NC(=O)[C@H](C)Oc1ccc2c(c1)CCCC2)c1ccc(OC)c(OC)c1. The molecule has 2 aromatic rings. The van der Waals surface area contributed by atoms with E-state index in [0.29, 0.717) is 11.5 Å². The van der Waals surface area contributed by atoms with Crippen molar-refractivity contribution in [2.24, 2.45) is 0 Å². The Morgan fingerprint density at radius 1 is 1.00 bits per heavy atom. The Labute approximate surface area is 173 Å². The minimum Gasteiger partial charge on any atom is -0.493 e. The lowest BCUT2D eigenvalue weighted by Crippen LogP contribution is -2.38. The van der Waals surface area contributed by atoms with E-state index < -0.39 is 6.10 Å². The van der Waals surface area contributed by atoms with E-state index in [0.717, 1.165) is 30.6 Å². The highest BCUT2D eigenvalue weighted by Crippen LogP contribution is 2.31. The molecule has 1 N–H and O–H groups in total. The van der Waals surface area contributed by atoms with Crippen LogP contribution in [0.2, 0.25) is 0 Å². The molecule has 1 amide bonds. The van der Waals surface area contributed by atoms with Crippen molar-refractivity contribution in [3.8, 4) is 17.2 Å². The molecule has 1 aliphatic rings. The van der Waals surface area contributed by atoms with Crippen LogP contribution in [0.15, 0.2) is 36.4 Å². The number of hydrogen-bond acceptors (Lipinski definition) is 4. The van der Waals surface area contributed by atoms with Gasteiger partial charge in [-0.1, -0.05) is 19.1 Å². The van der Waals surface area contributed by atoms with Gasteiger partial charge in [0, 0.05) is 0 Å². The van der Waals surface area contributed by atoms with Gasteiger partial charge in [-0.15, -0.1) is 0 Å². The monoisotopic (exact) mass is 397 g/mol. The average molecular weight is 398 g/mol. The first-order valence-corrected chi connectivity index (χ1v) is 10.4. The summed E-state index contributed by atoms with van der Waals surface area (Å²) in [5.41, 5.74) is 3.72. The van der Waals surface area contributed by atoms with E-state index in [1.165, 1.54) is 24.0 Å². The summed E-state index contributed by atoms with van der Waals surface area (Å²) < 4.78 is 16.6. The Kier molecular flexibility index (Phi) is 7.02. The highest BCUT2D eigenvalue weighted by atomic mass is 16.5. The average Bonchev–Trinajstić information content (AvgIpc) is 2.76. The first kappa shape index (κ1) is 21.0. The van der Waals surface area contributed by atoms with Gasteiger partial charge in [0.1, 0.15) is 5.75 Å². The van der Waals surface area contributed by atoms with Gasteiger partial charge in [0.25, 0.3) is 5.91 Å². The van der Waals surface area contributed by atoms with Crippen LogP contribution >= 0.6 is 0 Å². The number of rotatable bonds is 8. The number of nitrogens with one attached hydrogen (secondary N) is 1. The van der Waals surface area contributed by atoms with E-state index in [1.807, 2.05) is 31.2 Å². The number of carbonyl (C=O) groups excluding carboxylic acids is 1. The fourth-order valence-electron chi connectivity index (χ4n) is 3.82. The topological polar surface area (TPSA) is 56.8 Å². The second kappa shape index (κ2) is 9.68. The summed E-state index contributed by atoms with van der Waals surface area (Å²) in [7, 11) is 3.21. The molecule has 0 spiro atoms. The first-order chi connectivity index (χ1) is 14.0. The quantitative estimate of drug-likeness (QED) is 0.706. The summed E-state index contributed by atoms with van der Waals surface area (Å²) in [5.74, 6) is 1.94. The Balaban J connectivity index is 1.66. The first-order valence-electron chi connectivity index (χ1n) is 10.4. The molecule has 0 aliphatic heterocycles. The number of fused-ring (bicyclic) bond motifs is 1. The van der Waals surface area contributed by atoms with Gasteiger partial charge in [0.05, 0.1) is 20.3 Å². The number of carbonyl (C=O) groups is 1. The summed E-state index contributed by atoms with van der Waals surface area (Å²) in [6, 6.07) is 11.8. The number of hydrogen-bond donors (Lipinski definition) is 1. The van der Waals surface area contributed by atoms with E-state index >= 15 is 0 Å². The molecule has 0 radical (unpaired) electrons. The number of aryl methyl sites for hydroxylation is 2. The lowest BCUT2D eigenvalue weighted by atomic mass is 9.92. The van der Waals surface area contributed by atoms with Crippen LogP contribution in [0, 0.1) is 0 Å². The van der Waals surface area contributed by atoms with Crippen LogP contribution in [0.1, 0.15) is 55.8 Å². The van der Waals surface area contributed by atoms with Gasteiger partial charge in [-0.25, -0.2) is 0 Å². The molecule has 0 unspecified atom stereocenters. The standard InChI is InChI=1S/C24H31NO4/c1-5-21(19-11-13-22(27-3)23(15-19)28-4)25-24(26)16(2)29-20-12-10-17-8-6-7-9-18(17)14-20/h10-16,21H,5-9H2,1-4H3,(H,25,26)/t16-,21-/m0/s1. The minimum absolute atomic E-state index is 0.128. The number of benzene rings is 2. The highest BCUT2D eigenvalue weighted by molar-refractivity contribution is 5.81. The van der Waals surface area contributed by atoms with Gasteiger partial charge < -0.3 is 19.5 Å². The Morgan fingerprint density at radius 3 is 2.41 bits per heavy atom. The zero-order chi connectivity index (χ0) is 20.8. The molecule has 3 rings (SSSR count). The van der Waals surface area contributed by atoms with Crippen molar-refractivity contribution in [2.75, 3.05) is 14.2 Å². The molecule has 0 heterocycles. The maximum atomic E-state index is 12.8. The zero-order valence-electron chi connectivity index (χ0n) is 17.8. The third-order valence-electron chi connectivity index (χ3n) is 5.54. The molecule has 2 aromatic carbocycles. The maximum Gasteiger partial charge on any atom is 0.261 e. The molecule has 0 aromatic heterocycles. The Bertz CT molecular complexity index is 849. The second-order valence-corrected chi connectivity index (χ2v) is 7.48. The minimum atomic E-state index is -0.578. The molecular formula is C24H31NO4. The lowest BCUT2D eigenvalue weighted by Gasteiger charge is -2.22. The van der Waals surface area contributed by atoms with Gasteiger partial charge in [-0.2, -0.15) is 0 Å². The molecule has 5 nitrogen and oxygen atoms in total. The van der Waals surface area contributed by atoms with E-state index in [2.05, 4.69) is 17.4 Å². The molecule has 0 fully saturated rings. The zero-order valence-corrected chi connectivity index (χ0v) is 17.8. The molecule has 0 saturated heterocycles. The van der Waals surface area contributed by atoms with Gasteiger partial charge in [0.2, 0.25) is 0 Å². The summed E-state index contributed by atoms with van der Waals surface area (Å²) >= 11 is 0. The van der Waals surface area contributed by atoms with Crippen LogP contribution in [0.3, 0.4) is 0 Å². The van der Waals surface area contributed by atoms with Crippen LogP contribution in [0.5, 0.6) is 17.2 Å². The normalized spacial score (nSPS) is 15.0. The third kappa shape index (κ3) is 5.03. The molecule has 0 bridgehead atoms. The van der Waals surface area contributed by atoms with Crippen molar-refractivity contribution in [3.63, 3.8) is 0 Å². The van der Waals surface area contributed by atoms with Gasteiger partial charge in [-0.3, -0.25) is 4.79 Å². The predicted octanol–water partition coefficient (Wildman–Crippen LogP) is 4.62. The van der Waals surface area contributed by atoms with E-state index in [-0.39, 0.29) is 11.9 Å². The van der Waals surface area contributed by atoms with Crippen molar-refractivity contribution in [3.05, 3.63) is 53.1 Å². The van der Waals surface area contributed by atoms with Crippen LogP contribution in [0.25, 0.3) is 0 Å². The van der Waals surface area contributed by atoms with Crippen molar-refractivity contribution in [1.82, 2.24) is 5.32 Å². The summed E-state index contributed by atoms with van der Waals surface area (Å²) in [6.45, 7) is 3.83. The van der Waals surface area contributed by atoms with Crippen molar-refractivity contribution >= 4 is 5.91 Å². The van der Waals surface area contributed by atoms with Gasteiger partial charge in [-0.05, 0) is 80.0 Å². The largest absolute Gasteiger partial charge is 0.493 e. The highest BCUT2D eigenvalue weighted by Gasteiger charge is 2.21. The van der Waals surface area contributed by atoms with E-state index in [1.54, 1.807) is 21.1 Å². The van der Waals surface area contributed by atoms with Crippen molar-refractivity contribution in [1.29, 1.82) is 0 Å². The van der Waals surface area contributed by atoms with Crippen LogP contribution in [0.4, 0.5) is 0 Å². The van der Waals surface area contributed by atoms with Gasteiger partial charge >= 0.3 is 0 Å². The van der Waals surface area contributed by atoms with Crippen LogP contribution < -0.4 is 19.5 Å². The fraction of sp³-hybridized carbons (Fsp3) is 0.458. The maximum absolute atomic E-state index is 12.8. The molecule has 2 atom stereocenters. The van der Waals surface area contributed by atoms with Crippen molar-refractivity contribution < 1.29 is 19.0 Å². The fourth-order valence-corrected chi connectivity index (χ4v) is 3.82. The van der Waals surface area contributed by atoms with Crippen LogP contribution in [-0.2, 0) is 17.6 Å². The second-order valence-electron chi connectivity index (χ2n) is 7.48. The Hall–Kier alpha value is -2.69. The summed E-state index contributed by atoms with van der Waals surface area (Å²) in [4.78, 5) is 12.8. The van der Waals surface area contributed by atoms with E-state index in [9.17, 15) is 4.79 Å². The number of amides is 1. The Morgan fingerprint density at radius 2 is 1.72 bits per heavy atom. The molecule has 1 aliphatic carbocycles. The van der Waals surface area contributed by atoms with Gasteiger partial charge in [0.15, 0.2) is 17.6 Å². The van der Waals surface area contributed by atoms with E-state index in [4.69, 9.17) is 14.2 Å². The van der Waals surface area contributed by atoms with Crippen LogP contribution in [-0.4, -0.2) is 26.2 Å². The number of methoxy groups -OCH3 is 2. The summed E-state index contributed by atoms with van der Waals surface area (Å²) in [5, 5.41) is 3.09. The molecular weight excluding hydrogens is 366 g/mol. The summed E-state index contributed by atoms with van der Waals surface area (Å²) in [6.07, 6.45) is 4.87. The third-order valence-corrected chi connectivity index (χ3v) is 5.54. The molecule has 29 heavy (non-hydrogen) atoms. The predicted molar refractivity (Wildman–Crippen MR) is 114 cm³/mol. The molecule has 5 heteroatoms. The lowest BCUT2D eigenvalue weighted by molar-refractivity contribution is -0.128. The molecule has 0 saturated carbocycles. The smallest absolute Gasteiger partial charge is 0.261 e. The molecule has 156 valence electrons.